The monoisotopic (exact) mass is 357 g/mol. The number of aryl methyl sites for hydroxylation is 1. The van der Waals surface area contributed by atoms with Gasteiger partial charge in [-0.25, -0.2) is 4.68 Å². The van der Waals surface area contributed by atoms with Gasteiger partial charge in [-0.15, -0.1) is 0 Å². The van der Waals surface area contributed by atoms with Crippen molar-refractivity contribution in [2.75, 3.05) is 12.4 Å². The molecule has 0 saturated heterocycles. The Balaban J connectivity index is 1.71. The van der Waals surface area contributed by atoms with Gasteiger partial charge >= 0.3 is 5.95 Å². The van der Waals surface area contributed by atoms with Crippen LogP contribution in [0, 0.1) is 17.0 Å². The number of nitrogens with one attached hydrogen (secondary N) is 1. The van der Waals surface area contributed by atoms with Crippen molar-refractivity contribution in [1.29, 1.82) is 0 Å². The number of hydrogen-bond donors (Lipinski definition) is 1. The van der Waals surface area contributed by atoms with Gasteiger partial charge in [0.05, 0.1) is 12.8 Å². The summed E-state index contributed by atoms with van der Waals surface area (Å²) < 4.78 is 7.89. The SMILES string of the molecule is COc1ccc(C)cc1NC(=O)c1ccn(Cn2cnc([N+](=O)[O-])n2)n1. The molecule has 3 aromatic rings. The molecular formula is C15H15N7O4. The van der Waals surface area contributed by atoms with Gasteiger partial charge in [-0.3, -0.25) is 4.79 Å². The molecule has 1 aromatic carbocycles. The molecule has 0 radical (unpaired) electrons. The lowest BCUT2D eigenvalue weighted by atomic mass is 10.2. The van der Waals surface area contributed by atoms with Crippen molar-refractivity contribution in [2.24, 2.45) is 0 Å². The molecule has 3 rings (SSSR count). The average molecular weight is 357 g/mol. The van der Waals surface area contributed by atoms with Crippen LogP contribution in [0.3, 0.4) is 0 Å². The number of nitro groups is 1. The molecule has 134 valence electrons. The lowest BCUT2D eigenvalue weighted by Crippen LogP contribution is -2.15. The molecule has 0 atom stereocenters. The number of rotatable bonds is 6. The summed E-state index contributed by atoms with van der Waals surface area (Å²) in [6.07, 6.45) is 2.78. The van der Waals surface area contributed by atoms with Crippen LogP contribution < -0.4 is 10.1 Å². The topological polar surface area (TPSA) is 130 Å². The Kier molecular flexibility index (Phi) is 4.60. The lowest BCUT2D eigenvalue weighted by Gasteiger charge is -2.10. The summed E-state index contributed by atoms with van der Waals surface area (Å²) in [7, 11) is 1.52. The van der Waals surface area contributed by atoms with E-state index in [4.69, 9.17) is 4.74 Å². The van der Waals surface area contributed by atoms with Gasteiger partial charge in [0.15, 0.2) is 12.4 Å². The first-order valence-electron chi connectivity index (χ1n) is 7.49. The van der Waals surface area contributed by atoms with Gasteiger partial charge in [0.25, 0.3) is 5.91 Å². The van der Waals surface area contributed by atoms with Crippen LogP contribution in [0.4, 0.5) is 11.6 Å². The third kappa shape index (κ3) is 3.66. The minimum atomic E-state index is -0.687. The molecular weight excluding hydrogens is 342 g/mol. The van der Waals surface area contributed by atoms with Crippen molar-refractivity contribution in [2.45, 2.75) is 13.6 Å². The zero-order chi connectivity index (χ0) is 18.7. The Bertz CT molecular complexity index is 963. The molecule has 0 aliphatic heterocycles. The third-order valence-electron chi connectivity index (χ3n) is 3.45. The van der Waals surface area contributed by atoms with Gasteiger partial charge in [-0.05, 0) is 35.6 Å². The standard InChI is InChI=1S/C15H15N7O4/c1-10-3-4-13(26-2)12(7-10)17-14(23)11-5-6-20(18-11)9-21-8-16-15(19-21)22(24)25/h3-8H,9H2,1-2H3,(H,17,23). The molecule has 11 nitrogen and oxygen atoms in total. The van der Waals surface area contributed by atoms with Crippen LogP contribution in [-0.4, -0.2) is 42.5 Å². The summed E-state index contributed by atoms with van der Waals surface area (Å²) in [5.74, 6) is -0.364. The van der Waals surface area contributed by atoms with E-state index in [2.05, 4.69) is 20.5 Å². The summed E-state index contributed by atoms with van der Waals surface area (Å²) in [6, 6.07) is 6.97. The molecule has 1 amide bonds. The highest BCUT2D eigenvalue weighted by Crippen LogP contribution is 2.25. The second-order valence-corrected chi connectivity index (χ2v) is 5.38. The van der Waals surface area contributed by atoms with Gasteiger partial charge in [0.2, 0.25) is 6.33 Å². The van der Waals surface area contributed by atoms with Crippen LogP contribution in [0.1, 0.15) is 16.1 Å². The largest absolute Gasteiger partial charge is 0.495 e. The summed E-state index contributed by atoms with van der Waals surface area (Å²) in [4.78, 5) is 25.8. The first kappa shape index (κ1) is 17.1. The lowest BCUT2D eigenvalue weighted by molar-refractivity contribution is -0.394. The number of amides is 1. The normalized spacial score (nSPS) is 10.5. The maximum atomic E-state index is 12.4. The van der Waals surface area contributed by atoms with Crippen molar-refractivity contribution in [3.63, 3.8) is 0 Å². The van der Waals surface area contributed by atoms with Crippen LogP contribution in [0.15, 0.2) is 36.8 Å². The quantitative estimate of drug-likeness (QED) is 0.522. The predicted octanol–water partition coefficient (Wildman–Crippen LogP) is 1.46. The smallest absolute Gasteiger partial charge is 0.491 e. The van der Waals surface area contributed by atoms with E-state index in [9.17, 15) is 14.9 Å². The van der Waals surface area contributed by atoms with Crippen molar-refractivity contribution in [3.8, 4) is 5.75 Å². The number of carbonyl (C=O) groups is 1. The highest BCUT2D eigenvalue weighted by molar-refractivity contribution is 6.03. The second-order valence-electron chi connectivity index (χ2n) is 5.38. The average Bonchev–Trinajstić information content (AvgIpc) is 3.25. The molecule has 2 aromatic heterocycles. The Hall–Kier alpha value is -3.76. The Morgan fingerprint density at radius 2 is 2.12 bits per heavy atom. The van der Waals surface area contributed by atoms with E-state index in [0.29, 0.717) is 11.4 Å². The van der Waals surface area contributed by atoms with Crippen molar-refractivity contribution >= 4 is 17.5 Å². The molecule has 0 bridgehead atoms. The molecule has 11 heteroatoms. The second kappa shape index (κ2) is 7.01. The maximum Gasteiger partial charge on any atom is 0.491 e. The minimum Gasteiger partial charge on any atom is -0.495 e. The number of anilines is 1. The van der Waals surface area contributed by atoms with Gasteiger partial charge in [-0.1, -0.05) is 11.1 Å². The predicted molar refractivity (Wildman–Crippen MR) is 90.0 cm³/mol. The molecule has 2 heterocycles. The molecule has 0 aliphatic rings. The van der Waals surface area contributed by atoms with Crippen molar-refractivity contribution in [3.05, 3.63) is 58.2 Å². The zero-order valence-corrected chi connectivity index (χ0v) is 14.0. The number of ether oxygens (including phenoxy) is 1. The van der Waals surface area contributed by atoms with E-state index in [0.717, 1.165) is 5.56 Å². The van der Waals surface area contributed by atoms with E-state index in [-0.39, 0.29) is 12.4 Å². The van der Waals surface area contributed by atoms with E-state index >= 15 is 0 Å². The fourth-order valence-corrected chi connectivity index (χ4v) is 2.25. The zero-order valence-electron chi connectivity index (χ0n) is 14.0. The maximum absolute atomic E-state index is 12.4. The summed E-state index contributed by atoms with van der Waals surface area (Å²) in [6.45, 7) is 1.99. The fourth-order valence-electron chi connectivity index (χ4n) is 2.25. The van der Waals surface area contributed by atoms with Crippen LogP contribution in [0.5, 0.6) is 5.75 Å². The van der Waals surface area contributed by atoms with E-state index < -0.39 is 16.8 Å². The first-order valence-corrected chi connectivity index (χ1v) is 7.49. The molecule has 26 heavy (non-hydrogen) atoms. The summed E-state index contributed by atoms with van der Waals surface area (Å²) >= 11 is 0. The van der Waals surface area contributed by atoms with E-state index in [1.807, 2.05) is 13.0 Å². The van der Waals surface area contributed by atoms with Crippen LogP contribution in [-0.2, 0) is 6.67 Å². The Morgan fingerprint density at radius 3 is 2.81 bits per heavy atom. The van der Waals surface area contributed by atoms with Gasteiger partial charge in [-0.2, -0.15) is 9.78 Å². The summed E-state index contributed by atoms with van der Waals surface area (Å²) in [5, 5.41) is 21.2. The van der Waals surface area contributed by atoms with Crippen molar-refractivity contribution in [1.82, 2.24) is 24.5 Å². The molecule has 0 saturated carbocycles. The Morgan fingerprint density at radius 1 is 1.31 bits per heavy atom. The van der Waals surface area contributed by atoms with Crippen LogP contribution >= 0.6 is 0 Å². The minimum absolute atomic E-state index is 0.0852. The van der Waals surface area contributed by atoms with Gasteiger partial charge in [0.1, 0.15) is 5.75 Å². The van der Waals surface area contributed by atoms with Crippen molar-refractivity contribution < 1.29 is 14.5 Å². The fraction of sp³-hybridized carbons (Fsp3) is 0.200. The molecule has 1 N–H and O–H groups in total. The Labute approximate surface area is 147 Å². The number of methoxy groups -OCH3 is 1. The first-order chi connectivity index (χ1) is 12.5. The number of aromatic nitrogens is 5. The van der Waals surface area contributed by atoms with Crippen LogP contribution in [0.2, 0.25) is 0 Å². The van der Waals surface area contributed by atoms with Gasteiger partial charge in [0, 0.05) is 11.3 Å². The number of hydrogen-bond acceptors (Lipinski definition) is 7. The number of carbonyl (C=O) groups excluding carboxylic acids is 1. The van der Waals surface area contributed by atoms with E-state index in [1.54, 1.807) is 18.3 Å². The molecule has 0 unspecified atom stereocenters. The van der Waals surface area contributed by atoms with Gasteiger partial charge < -0.3 is 20.2 Å². The molecule has 0 fully saturated rings. The highest BCUT2D eigenvalue weighted by Gasteiger charge is 2.15. The van der Waals surface area contributed by atoms with E-state index in [1.165, 1.54) is 28.9 Å². The third-order valence-corrected chi connectivity index (χ3v) is 3.45. The summed E-state index contributed by atoms with van der Waals surface area (Å²) in [5.41, 5.74) is 1.70. The van der Waals surface area contributed by atoms with Crippen LogP contribution in [0.25, 0.3) is 0 Å². The number of nitrogens with zero attached hydrogens (tertiary/aromatic N) is 6. The molecule has 0 spiro atoms. The molecule has 0 aliphatic carbocycles. The highest BCUT2D eigenvalue weighted by atomic mass is 16.6. The number of benzene rings is 1.